The summed E-state index contributed by atoms with van der Waals surface area (Å²) in [5.74, 6) is -0.243. The first-order valence-corrected chi connectivity index (χ1v) is 4.83. The fourth-order valence-electron chi connectivity index (χ4n) is 1.18. The van der Waals surface area contributed by atoms with Gasteiger partial charge in [-0.05, 0) is 25.2 Å². The zero-order chi connectivity index (χ0) is 10.6. The zero-order valence-corrected chi connectivity index (χ0v) is 9.11. The molecule has 4 heteroatoms. The van der Waals surface area contributed by atoms with E-state index in [1.165, 1.54) is 6.07 Å². The maximum absolute atomic E-state index is 13.3. The predicted octanol–water partition coefficient (Wildman–Crippen LogP) is 2.13. The molecule has 0 spiro atoms. The van der Waals surface area contributed by atoms with Crippen molar-refractivity contribution in [1.29, 1.82) is 0 Å². The standard InChI is InChI=1S/C10H14ClFN2/c1-13-5-6-14(2)10-7-8(11)3-4-9(10)12/h3-4,7,13H,5-6H2,1-2H3. The molecule has 0 aliphatic heterocycles. The number of rotatable bonds is 4. The van der Waals surface area contributed by atoms with Crippen LogP contribution in [0.4, 0.5) is 10.1 Å². The number of benzene rings is 1. The van der Waals surface area contributed by atoms with Crippen molar-refractivity contribution < 1.29 is 4.39 Å². The molecule has 0 aliphatic rings. The number of likely N-dealkylation sites (N-methyl/N-ethyl adjacent to an activating group) is 2. The third-order valence-electron chi connectivity index (χ3n) is 2.02. The molecule has 0 atom stereocenters. The van der Waals surface area contributed by atoms with Crippen LogP contribution >= 0.6 is 11.6 Å². The van der Waals surface area contributed by atoms with Crippen molar-refractivity contribution in [2.45, 2.75) is 0 Å². The Hall–Kier alpha value is -0.800. The molecule has 1 aromatic rings. The molecule has 1 N–H and O–H groups in total. The van der Waals surface area contributed by atoms with E-state index in [0.717, 1.165) is 13.1 Å². The highest BCUT2D eigenvalue weighted by atomic mass is 35.5. The van der Waals surface area contributed by atoms with E-state index < -0.39 is 0 Å². The Bertz CT molecular complexity index is 304. The third-order valence-corrected chi connectivity index (χ3v) is 2.25. The first-order chi connectivity index (χ1) is 6.65. The smallest absolute Gasteiger partial charge is 0.146 e. The Morgan fingerprint density at radius 1 is 1.50 bits per heavy atom. The molecule has 0 bridgehead atoms. The van der Waals surface area contributed by atoms with Crippen LogP contribution in [0, 0.1) is 5.82 Å². The van der Waals surface area contributed by atoms with Crippen LogP contribution in [0.15, 0.2) is 18.2 Å². The molecule has 14 heavy (non-hydrogen) atoms. The molecule has 0 saturated carbocycles. The number of hydrogen-bond donors (Lipinski definition) is 1. The van der Waals surface area contributed by atoms with Crippen LogP contribution in [0.25, 0.3) is 0 Å². The Balaban J connectivity index is 2.77. The molecule has 2 nitrogen and oxygen atoms in total. The molecule has 1 rings (SSSR count). The van der Waals surface area contributed by atoms with Gasteiger partial charge in [0.05, 0.1) is 5.69 Å². The molecule has 0 fully saturated rings. The number of halogens is 2. The van der Waals surface area contributed by atoms with E-state index in [0.29, 0.717) is 10.7 Å². The highest BCUT2D eigenvalue weighted by Gasteiger charge is 2.07. The summed E-state index contributed by atoms with van der Waals surface area (Å²) in [5, 5.41) is 3.56. The van der Waals surface area contributed by atoms with E-state index in [1.54, 1.807) is 12.1 Å². The van der Waals surface area contributed by atoms with Crippen LogP contribution in [-0.4, -0.2) is 27.2 Å². The van der Waals surface area contributed by atoms with Gasteiger partial charge in [-0.3, -0.25) is 0 Å². The maximum atomic E-state index is 13.3. The van der Waals surface area contributed by atoms with Gasteiger partial charge >= 0.3 is 0 Å². The lowest BCUT2D eigenvalue weighted by Crippen LogP contribution is -2.27. The van der Waals surface area contributed by atoms with Gasteiger partial charge in [-0.15, -0.1) is 0 Å². The van der Waals surface area contributed by atoms with Gasteiger partial charge < -0.3 is 10.2 Å². The third kappa shape index (κ3) is 2.86. The van der Waals surface area contributed by atoms with Crippen molar-refractivity contribution in [3.63, 3.8) is 0 Å². The zero-order valence-electron chi connectivity index (χ0n) is 8.35. The summed E-state index contributed by atoms with van der Waals surface area (Å²) in [7, 11) is 3.70. The molecule has 78 valence electrons. The van der Waals surface area contributed by atoms with Crippen molar-refractivity contribution in [2.24, 2.45) is 0 Å². The monoisotopic (exact) mass is 216 g/mol. The van der Waals surface area contributed by atoms with Gasteiger partial charge in [0, 0.05) is 25.2 Å². The van der Waals surface area contributed by atoms with Crippen LogP contribution in [-0.2, 0) is 0 Å². The summed E-state index contributed by atoms with van der Waals surface area (Å²) < 4.78 is 13.3. The maximum Gasteiger partial charge on any atom is 0.146 e. The van der Waals surface area contributed by atoms with Crippen molar-refractivity contribution >= 4 is 17.3 Å². The minimum Gasteiger partial charge on any atom is -0.371 e. The van der Waals surface area contributed by atoms with Crippen LogP contribution in [0.1, 0.15) is 0 Å². The molecule has 1 aromatic carbocycles. The van der Waals surface area contributed by atoms with Gasteiger partial charge in [-0.2, -0.15) is 0 Å². The lowest BCUT2D eigenvalue weighted by molar-refractivity contribution is 0.620. The summed E-state index contributed by atoms with van der Waals surface area (Å²) in [6.07, 6.45) is 0. The van der Waals surface area contributed by atoms with E-state index in [-0.39, 0.29) is 5.82 Å². The second-order valence-electron chi connectivity index (χ2n) is 3.12. The van der Waals surface area contributed by atoms with E-state index in [1.807, 2.05) is 19.0 Å². The summed E-state index contributed by atoms with van der Waals surface area (Å²) >= 11 is 5.79. The average Bonchev–Trinajstić information content (AvgIpc) is 2.18. The average molecular weight is 217 g/mol. The summed E-state index contributed by atoms with van der Waals surface area (Å²) in [6, 6.07) is 4.56. The van der Waals surface area contributed by atoms with Gasteiger partial charge in [0.25, 0.3) is 0 Å². The molecular formula is C10H14ClFN2. The van der Waals surface area contributed by atoms with Crippen LogP contribution < -0.4 is 10.2 Å². The van der Waals surface area contributed by atoms with Crippen LogP contribution in [0.2, 0.25) is 5.02 Å². The lowest BCUT2D eigenvalue weighted by Gasteiger charge is -2.19. The molecule has 0 unspecified atom stereocenters. The number of nitrogens with one attached hydrogen (secondary N) is 1. The van der Waals surface area contributed by atoms with Gasteiger partial charge in [-0.1, -0.05) is 11.6 Å². The van der Waals surface area contributed by atoms with Gasteiger partial charge in [0.15, 0.2) is 0 Å². The SMILES string of the molecule is CNCCN(C)c1cc(Cl)ccc1F. The van der Waals surface area contributed by atoms with E-state index in [4.69, 9.17) is 11.6 Å². The van der Waals surface area contributed by atoms with Crippen LogP contribution in [0.5, 0.6) is 0 Å². The van der Waals surface area contributed by atoms with E-state index in [9.17, 15) is 4.39 Å². The minimum absolute atomic E-state index is 0.243. The number of nitrogens with zero attached hydrogens (tertiary/aromatic N) is 1. The minimum atomic E-state index is -0.243. The van der Waals surface area contributed by atoms with Gasteiger partial charge in [0.1, 0.15) is 5.82 Å². The fraction of sp³-hybridized carbons (Fsp3) is 0.400. The normalized spacial score (nSPS) is 10.3. The molecule has 0 amide bonds. The summed E-state index contributed by atoms with van der Waals surface area (Å²) in [4.78, 5) is 1.83. The lowest BCUT2D eigenvalue weighted by atomic mass is 10.3. The molecule has 0 aromatic heterocycles. The van der Waals surface area contributed by atoms with Crippen molar-refractivity contribution in [3.05, 3.63) is 29.0 Å². The molecular weight excluding hydrogens is 203 g/mol. The Morgan fingerprint density at radius 3 is 2.86 bits per heavy atom. The second kappa shape index (κ2) is 5.17. The van der Waals surface area contributed by atoms with Crippen molar-refractivity contribution in [2.75, 3.05) is 32.1 Å². The Morgan fingerprint density at radius 2 is 2.21 bits per heavy atom. The summed E-state index contributed by atoms with van der Waals surface area (Å²) in [6.45, 7) is 1.55. The first-order valence-electron chi connectivity index (χ1n) is 4.46. The van der Waals surface area contributed by atoms with Crippen LogP contribution in [0.3, 0.4) is 0 Å². The van der Waals surface area contributed by atoms with E-state index >= 15 is 0 Å². The van der Waals surface area contributed by atoms with E-state index in [2.05, 4.69) is 5.32 Å². The summed E-state index contributed by atoms with van der Waals surface area (Å²) in [5.41, 5.74) is 0.535. The largest absolute Gasteiger partial charge is 0.371 e. The second-order valence-corrected chi connectivity index (χ2v) is 3.56. The highest BCUT2D eigenvalue weighted by Crippen LogP contribution is 2.22. The first kappa shape index (κ1) is 11.3. The van der Waals surface area contributed by atoms with Gasteiger partial charge in [0.2, 0.25) is 0 Å². The molecule has 0 radical (unpaired) electrons. The van der Waals surface area contributed by atoms with Crippen molar-refractivity contribution in [3.8, 4) is 0 Å². The number of anilines is 1. The molecule has 0 heterocycles. The Kier molecular flexibility index (Phi) is 4.17. The quantitative estimate of drug-likeness (QED) is 0.830. The number of hydrogen-bond acceptors (Lipinski definition) is 2. The highest BCUT2D eigenvalue weighted by molar-refractivity contribution is 6.30. The molecule has 0 aliphatic carbocycles. The van der Waals surface area contributed by atoms with Crippen molar-refractivity contribution in [1.82, 2.24) is 5.32 Å². The fourth-order valence-corrected chi connectivity index (χ4v) is 1.34. The molecule has 0 saturated heterocycles. The predicted molar refractivity (Wildman–Crippen MR) is 58.6 cm³/mol. The Labute approximate surface area is 88.7 Å². The topological polar surface area (TPSA) is 15.3 Å². The van der Waals surface area contributed by atoms with Gasteiger partial charge in [-0.25, -0.2) is 4.39 Å².